The number of rotatable bonds is 2. The number of pyridine rings is 1. The van der Waals surface area contributed by atoms with Gasteiger partial charge in [-0.25, -0.2) is 0 Å². The number of hydrogen-bond acceptors (Lipinski definition) is 3. The van der Waals surface area contributed by atoms with E-state index in [-0.39, 0.29) is 11.1 Å². The van der Waals surface area contributed by atoms with Crippen LogP contribution in [0.2, 0.25) is 5.02 Å². The molecule has 0 radical (unpaired) electrons. The van der Waals surface area contributed by atoms with Gasteiger partial charge < -0.3 is 10.2 Å². The number of nitrogens with one attached hydrogen (secondary N) is 1. The fourth-order valence-electron chi connectivity index (χ4n) is 2.48. The molecule has 0 aliphatic carbocycles. The lowest BCUT2D eigenvalue weighted by Gasteiger charge is -2.11. The molecule has 0 bridgehead atoms. The van der Waals surface area contributed by atoms with Gasteiger partial charge in [-0.1, -0.05) is 47.1 Å². The number of oxime groups is 1. The van der Waals surface area contributed by atoms with E-state index in [1.807, 2.05) is 30.3 Å². The summed E-state index contributed by atoms with van der Waals surface area (Å²) < 4.78 is 0. The van der Waals surface area contributed by atoms with Crippen molar-refractivity contribution in [3.05, 3.63) is 69.3 Å². The minimum atomic E-state index is -0.195. The van der Waals surface area contributed by atoms with Gasteiger partial charge in [0.2, 0.25) is 0 Å². The Kier molecular flexibility index (Phi) is 3.69. The lowest BCUT2D eigenvalue weighted by atomic mass is 10.00. The van der Waals surface area contributed by atoms with Crippen LogP contribution in [0.5, 0.6) is 0 Å². The van der Waals surface area contributed by atoms with Gasteiger partial charge in [-0.3, -0.25) is 4.79 Å². The zero-order valence-electron chi connectivity index (χ0n) is 11.8. The number of nitrogens with zero attached hydrogens (tertiary/aromatic N) is 1. The summed E-state index contributed by atoms with van der Waals surface area (Å²) in [4.78, 5) is 16.0. The lowest BCUT2D eigenvalue weighted by Crippen LogP contribution is -2.17. The molecule has 0 saturated carbocycles. The van der Waals surface area contributed by atoms with Crippen LogP contribution in [-0.4, -0.2) is 15.9 Å². The van der Waals surface area contributed by atoms with Crippen LogP contribution in [0.3, 0.4) is 0 Å². The lowest BCUT2D eigenvalue weighted by molar-refractivity contribution is 0.319. The molecule has 2 aromatic carbocycles. The molecule has 4 nitrogen and oxygen atoms in total. The SMILES string of the molecule is C/C(=N\O)c1c(-c2ccccc2)[nH]c2cc(Cl)ccc2c1=O. The fourth-order valence-corrected chi connectivity index (χ4v) is 2.65. The van der Waals surface area contributed by atoms with Crippen molar-refractivity contribution in [3.8, 4) is 11.3 Å². The molecule has 110 valence electrons. The molecule has 3 aromatic rings. The number of hydrogen-bond donors (Lipinski definition) is 2. The van der Waals surface area contributed by atoms with E-state index in [2.05, 4.69) is 10.1 Å². The Morgan fingerprint density at radius 3 is 2.59 bits per heavy atom. The first kappa shape index (κ1) is 14.4. The highest BCUT2D eigenvalue weighted by Crippen LogP contribution is 2.24. The van der Waals surface area contributed by atoms with Crippen LogP contribution >= 0.6 is 11.6 Å². The van der Waals surface area contributed by atoms with Gasteiger partial charge in [-0.05, 0) is 30.7 Å². The third-order valence-corrected chi connectivity index (χ3v) is 3.77. The quantitative estimate of drug-likeness (QED) is 0.426. The fraction of sp³-hybridized carbons (Fsp3) is 0.0588. The summed E-state index contributed by atoms with van der Waals surface area (Å²) in [6.07, 6.45) is 0. The average molecular weight is 313 g/mol. The third-order valence-electron chi connectivity index (χ3n) is 3.54. The van der Waals surface area contributed by atoms with Crippen LogP contribution in [0.4, 0.5) is 0 Å². The highest BCUT2D eigenvalue weighted by molar-refractivity contribution is 6.31. The number of halogens is 1. The van der Waals surface area contributed by atoms with Gasteiger partial charge in [0.1, 0.15) is 0 Å². The van der Waals surface area contributed by atoms with Crippen molar-refractivity contribution in [3.63, 3.8) is 0 Å². The molecular weight excluding hydrogens is 300 g/mol. The van der Waals surface area contributed by atoms with E-state index in [4.69, 9.17) is 16.8 Å². The van der Waals surface area contributed by atoms with Crippen molar-refractivity contribution < 1.29 is 5.21 Å². The number of H-pyrrole nitrogens is 1. The van der Waals surface area contributed by atoms with Gasteiger partial charge in [-0.2, -0.15) is 0 Å². The molecule has 22 heavy (non-hydrogen) atoms. The van der Waals surface area contributed by atoms with Crippen LogP contribution in [0.1, 0.15) is 12.5 Å². The maximum Gasteiger partial charge on any atom is 0.199 e. The molecule has 0 fully saturated rings. The smallest absolute Gasteiger partial charge is 0.199 e. The number of benzene rings is 2. The summed E-state index contributed by atoms with van der Waals surface area (Å²) in [6, 6.07) is 14.5. The molecule has 1 heterocycles. The average Bonchev–Trinajstić information content (AvgIpc) is 2.54. The maximum atomic E-state index is 12.8. The maximum absolute atomic E-state index is 12.8. The Hall–Kier alpha value is -2.59. The Bertz CT molecular complexity index is 931. The number of aromatic nitrogens is 1. The molecule has 0 atom stereocenters. The van der Waals surface area contributed by atoms with Crippen molar-refractivity contribution in [1.82, 2.24) is 4.98 Å². The van der Waals surface area contributed by atoms with E-state index in [1.165, 1.54) is 0 Å². The van der Waals surface area contributed by atoms with Crippen LogP contribution in [0.25, 0.3) is 22.2 Å². The van der Waals surface area contributed by atoms with E-state index in [1.54, 1.807) is 25.1 Å². The highest BCUT2D eigenvalue weighted by Gasteiger charge is 2.16. The Morgan fingerprint density at radius 2 is 1.91 bits per heavy atom. The minimum absolute atomic E-state index is 0.195. The Balaban J connectivity index is 2.46. The predicted molar refractivity (Wildman–Crippen MR) is 89.0 cm³/mol. The van der Waals surface area contributed by atoms with E-state index in [9.17, 15) is 4.79 Å². The summed E-state index contributed by atoms with van der Waals surface area (Å²) in [7, 11) is 0. The second-order valence-corrected chi connectivity index (χ2v) is 5.38. The van der Waals surface area contributed by atoms with E-state index >= 15 is 0 Å². The number of fused-ring (bicyclic) bond motifs is 1. The van der Waals surface area contributed by atoms with Crippen molar-refractivity contribution in [1.29, 1.82) is 0 Å². The molecule has 0 aliphatic rings. The van der Waals surface area contributed by atoms with Gasteiger partial charge in [0.25, 0.3) is 0 Å². The number of aromatic amines is 1. The highest BCUT2D eigenvalue weighted by atomic mass is 35.5. The third kappa shape index (κ3) is 2.38. The summed E-state index contributed by atoms with van der Waals surface area (Å²) in [5.41, 5.74) is 2.50. The van der Waals surface area contributed by atoms with Crippen molar-refractivity contribution >= 4 is 28.2 Å². The van der Waals surface area contributed by atoms with Gasteiger partial charge in [0.05, 0.1) is 22.5 Å². The summed E-state index contributed by atoms with van der Waals surface area (Å²) in [5, 5.41) is 13.4. The molecule has 0 aliphatic heterocycles. The van der Waals surface area contributed by atoms with Crippen molar-refractivity contribution in [2.24, 2.45) is 5.16 Å². The second-order valence-electron chi connectivity index (χ2n) is 4.95. The Labute approximate surface area is 131 Å². The van der Waals surface area contributed by atoms with E-state index in [0.29, 0.717) is 27.2 Å². The normalized spacial score (nSPS) is 11.8. The topological polar surface area (TPSA) is 65.5 Å². The van der Waals surface area contributed by atoms with Gasteiger partial charge in [-0.15, -0.1) is 0 Å². The first-order valence-electron chi connectivity index (χ1n) is 6.72. The largest absolute Gasteiger partial charge is 0.411 e. The molecule has 0 amide bonds. The molecule has 0 saturated heterocycles. The van der Waals surface area contributed by atoms with Gasteiger partial charge >= 0.3 is 0 Å². The van der Waals surface area contributed by atoms with Crippen LogP contribution < -0.4 is 5.43 Å². The van der Waals surface area contributed by atoms with E-state index < -0.39 is 0 Å². The second kappa shape index (κ2) is 5.66. The molecule has 0 unspecified atom stereocenters. The van der Waals surface area contributed by atoms with Crippen molar-refractivity contribution in [2.45, 2.75) is 6.92 Å². The van der Waals surface area contributed by atoms with Crippen LogP contribution in [0.15, 0.2) is 58.5 Å². The van der Waals surface area contributed by atoms with Gasteiger partial charge in [0, 0.05) is 10.4 Å². The minimum Gasteiger partial charge on any atom is -0.411 e. The van der Waals surface area contributed by atoms with E-state index in [0.717, 1.165) is 5.56 Å². The molecule has 0 spiro atoms. The monoisotopic (exact) mass is 312 g/mol. The van der Waals surface area contributed by atoms with Crippen LogP contribution in [-0.2, 0) is 0 Å². The Morgan fingerprint density at radius 1 is 1.18 bits per heavy atom. The zero-order valence-corrected chi connectivity index (χ0v) is 12.6. The van der Waals surface area contributed by atoms with Gasteiger partial charge in [0.15, 0.2) is 5.43 Å². The van der Waals surface area contributed by atoms with Crippen LogP contribution in [0, 0.1) is 0 Å². The molecule has 5 heteroatoms. The standard InChI is InChI=1S/C17H13ClN2O2/c1-10(20-22)15-16(11-5-3-2-4-6-11)19-14-9-12(18)7-8-13(14)17(15)21/h2-9,22H,1H3,(H,19,21)/b20-10+. The summed E-state index contributed by atoms with van der Waals surface area (Å²) in [6.45, 7) is 1.60. The first-order valence-corrected chi connectivity index (χ1v) is 7.09. The summed E-state index contributed by atoms with van der Waals surface area (Å²) in [5.74, 6) is 0. The molecule has 1 aromatic heterocycles. The van der Waals surface area contributed by atoms with Crippen molar-refractivity contribution in [2.75, 3.05) is 0 Å². The molecular formula is C17H13ClN2O2. The summed E-state index contributed by atoms with van der Waals surface area (Å²) >= 11 is 6.01. The molecule has 3 rings (SSSR count). The predicted octanol–water partition coefficient (Wildman–Crippen LogP) is 4.05. The first-order chi connectivity index (χ1) is 10.6. The molecule has 2 N–H and O–H groups in total. The zero-order chi connectivity index (χ0) is 15.7.